The molecule has 5 heteroatoms. The molecule has 0 radical (unpaired) electrons. The Morgan fingerprint density at radius 1 is 1.24 bits per heavy atom. The van der Waals surface area contributed by atoms with Crippen molar-refractivity contribution in [2.24, 2.45) is 0 Å². The number of nitrogens with one attached hydrogen (secondary N) is 1. The van der Waals surface area contributed by atoms with Crippen molar-refractivity contribution in [3.8, 4) is 0 Å². The number of aromatic nitrogens is 1. The molecule has 0 saturated heterocycles. The summed E-state index contributed by atoms with van der Waals surface area (Å²) in [6.07, 6.45) is -1.51. The SMILES string of the molecule is OCCCc1c[nH]c2ccc(C(F)(F)F)cc12. The largest absolute Gasteiger partial charge is 0.416 e. The number of aryl methyl sites for hydroxylation is 1. The van der Waals surface area contributed by atoms with Crippen molar-refractivity contribution in [1.82, 2.24) is 4.98 Å². The van der Waals surface area contributed by atoms with Crippen LogP contribution < -0.4 is 0 Å². The van der Waals surface area contributed by atoms with Crippen LogP contribution in [0.15, 0.2) is 24.4 Å². The molecule has 2 N–H and O–H groups in total. The van der Waals surface area contributed by atoms with Crippen LogP contribution in [0.25, 0.3) is 10.9 Å². The Labute approximate surface area is 96.1 Å². The maximum Gasteiger partial charge on any atom is 0.416 e. The molecule has 92 valence electrons. The lowest BCUT2D eigenvalue weighted by atomic mass is 10.1. The summed E-state index contributed by atoms with van der Waals surface area (Å²) in [6, 6.07) is 3.65. The van der Waals surface area contributed by atoms with Crippen LogP contribution in [0.3, 0.4) is 0 Å². The van der Waals surface area contributed by atoms with E-state index in [-0.39, 0.29) is 6.61 Å². The van der Waals surface area contributed by atoms with E-state index in [4.69, 9.17) is 5.11 Å². The highest BCUT2D eigenvalue weighted by atomic mass is 19.4. The second kappa shape index (κ2) is 4.41. The van der Waals surface area contributed by atoms with Crippen LogP contribution in [0.1, 0.15) is 17.5 Å². The van der Waals surface area contributed by atoms with Crippen molar-refractivity contribution < 1.29 is 18.3 Å². The quantitative estimate of drug-likeness (QED) is 0.853. The Morgan fingerprint density at radius 2 is 2.00 bits per heavy atom. The van der Waals surface area contributed by atoms with Gasteiger partial charge in [-0.25, -0.2) is 0 Å². The van der Waals surface area contributed by atoms with E-state index in [1.54, 1.807) is 6.20 Å². The summed E-state index contributed by atoms with van der Waals surface area (Å²) < 4.78 is 37.7. The van der Waals surface area contributed by atoms with E-state index in [9.17, 15) is 13.2 Å². The minimum Gasteiger partial charge on any atom is -0.396 e. The van der Waals surface area contributed by atoms with Crippen molar-refractivity contribution in [3.05, 3.63) is 35.5 Å². The second-order valence-corrected chi connectivity index (χ2v) is 3.90. The molecule has 0 spiro atoms. The van der Waals surface area contributed by atoms with E-state index in [2.05, 4.69) is 4.98 Å². The molecule has 1 aromatic carbocycles. The van der Waals surface area contributed by atoms with E-state index in [1.807, 2.05) is 0 Å². The molecule has 0 saturated carbocycles. The molecule has 0 unspecified atom stereocenters. The molecule has 1 heterocycles. The number of aliphatic hydroxyl groups is 1. The molecule has 2 aromatic rings. The number of aromatic amines is 1. The fraction of sp³-hybridized carbons (Fsp3) is 0.333. The molecule has 0 aliphatic carbocycles. The molecule has 0 fully saturated rings. The number of H-pyrrole nitrogens is 1. The molecule has 1 aromatic heterocycles. The van der Waals surface area contributed by atoms with Gasteiger partial charge in [-0.15, -0.1) is 0 Å². The third-order valence-corrected chi connectivity index (χ3v) is 2.70. The fourth-order valence-corrected chi connectivity index (χ4v) is 1.83. The number of aliphatic hydroxyl groups excluding tert-OH is 1. The van der Waals surface area contributed by atoms with Crippen LogP contribution in [0.2, 0.25) is 0 Å². The van der Waals surface area contributed by atoms with Crippen LogP contribution in [0.5, 0.6) is 0 Å². The van der Waals surface area contributed by atoms with Crippen LogP contribution in [-0.2, 0) is 12.6 Å². The van der Waals surface area contributed by atoms with Gasteiger partial charge < -0.3 is 10.1 Å². The Bertz CT molecular complexity index is 516. The first-order valence-electron chi connectivity index (χ1n) is 5.30. The highest BCUT2D eigenvalue weighted by Gasteiger charge is 2.30. The lowest BCUT2D eigenvalue weighted by Gasteiger charge is -2.06. The minimum atomic E-state index is -4.32. The van der Waals surface area contributed by atoms with Crippen LogP contribution in [0, 0.1) is 0 Å². The topological polar surface area (TPSA) is 36.0 Å². The lowest BCUT2D eigenvalue weighted by Crippen LogP contribution is -2.04. The molecule has 0 bridgehead atoms. The van der Waals surface area contributed by atoms with Gasteiger partial charge in [-0.3, -0.25) is 0 Å². The second-order valence-electron chi connectivity index (χ2n) is 3.90. The monoisotopic (exact) mass is 243 g/mol. The number of halogens is 3. The summed E-state index contributed by atoms with van der Waals surface area (Å²) in [4.78, 5) is 2.93. The molecule has 0 atom stereocenters. The number of benzene rings is 1. The Morgan fingerprint density at radius 3 is 2.65 bits per heavy atom. The highest BCUT2D eigenvalue weighted by Crippen LogP contribution is 2.32. The normalized spacial score (nSPS) is 12.2. The first-order chi connectivity index (χ1) is 8.02. The molecule has 2 rings (SSSR count). The lowest BCUT2D eigenvalue weighted by molar-refractivity contribution is -0.137. The Balaban J connectivity index is 2.43. The van der Waals surface area contributed by atoms with Gasteiger partial charge in [0, 0.05) is 23.7 Å². The highest BCUT2D eigenvalue weighted by molar-refractivity contribution is 5.84. The molecule has 0 aliphatic heterocycles. The van der Waals surface area contributed by atoms with Gasteiger partial charge in [0.05, 0.1) is 5.56 Å². The van der Waals surface area contributed by atoms with Gasteiger partial charge in [-0.1, -0.05) is 0 Å². The van der Waals surface area contributed by atoms with Gasteiger partial charge >= 0.3 is 6.18 Å². The van der Waals surface area contributed by atoms with Crippen molar-refractivity contribution >= 4 is 10.9 Å². The predicted molar refractivity (Wildman–Crippen MR) is 58.7 cm³/mol. The number of hydrogen-bond acceptors (Lipinski definition) is 1. The van der Waals surface area contributed by atoms with E-state index in [1.165, 1.54) is 6.07 Å². The zero-order valence-corrected chi connectivity index (χ0v) is 9.01. The standard InChI is InChI=1S/C12H12F3NO/c13-12(14,15)9-3-4-11-10(6-9)8(7-16-11)2-1-5-17/h3-4,6-7,16-17H,1-2,5H2. The van der Waals surface area contributed by atoms with Gasteiger partial charge in [-0.2, -0.15) is 13.2 Å². The Kier molecular flexibility index (Phi) is 3.11. The predicted octanol–water partition coefficient (Wildman–Crippen LogP) is 3.11. The van der Waals surface area contributed by atoms with E-state index >= 15 is 0 Å². The summed E-state index contributed by atoms with van der Waals surface area (Å²) in [5.41, 5.74) is 0.848. The van der Waals surface area contributed by atoms with Gasteiger partial charge in [-0.05, 0) is 36.6 Å². The van der Waals surface area contributed by atoms with Gasteiger partial charge in [0.1, 0.15) is 0 Å². The number of fused-ring (bicyclic) bond motifs is 1. The zero-order chi connectivity index (χ0) is 12.5. The fourth-order valence-electron chi connectivity index (χ4n) is 1.83. The molecule has 0 amide bonds. The van der Waals surface area contributed by atoms with Crippen molar-refractivity contribution in [2.75, 3.05) is 6.61 Å². The minimum absolute atomic E-state index is 0.0334. The zero-order valence-electron chi connectivity index (χ0n) is 9.01. The smallest absolute Gasteiger partial charge is 0.396 e. The van der Waals surface area contributed by atoms with E-state index < -0.39 is 11.7 Å². The third kappa shape index (κ3) is 2.44. The van der Waals surface area contributed by atoms with Gasteiger partial charge in [0.15, 0.2) is 0 Å². The van der Waals surface area contributed by atoms with Crippen molar-refractivity contribution in [1.29, 1.82) is 0 Å². The summed E-state index contributed by atoms with van der Waals surface area (Å²) >= 11 is 0. The van der Waals surface area contributed by atoms with Crippen LogP contribution in [0.4, 0.5) is 13.2 Å². The van der Waals surface area contributed by atoms with Crippen LogP contribution >= 0.6 is 0 Å². The summed E-state index contributed by atoms with van der Waals surface area (Å²) in [6.45, 7) is 0.0334. The first kappa shape index (κ1) is 12.0. The van der Waals surface area contributed by atoms with Gasteiger partial charge in [0.2, 0.25) is 0 Å². The molecular weight excluding hydrogens is 231 g/mol. The van der Waals surface area contributed by atoms with Crippen LogP contribution in [-0.4, -0.2) is 16.7 Å². The molecular formula is C12H12F3NO. The van der Waals surface area contributed by atoms with Crippen molar-refractivity contribution in [2.45, 2.75) is 19.0 Å². The summed E-state index contributed by atoms with van der Waals surface area (Å²) in [7, 11) is 0. The van der Waals surface area contributed by atoms with E-state index in [0.717, 1.165) is 17.7 Å². The Hall–Kier alpha value is -1.49. The average Bonchev–Trinajstić information content (AvgIpc) is 2.67. The summed E-state index contributed by atoms with van der Waals surface area (Å²) in [5, 5.41) is 9.31. The molecule has 17 heavy (non-hydrogen) atoms. The first-order valence-corrected chi connectivity index (χ1v) is 5.30. The number of rotatable bonds is 3. The maximum atomic E-state index is 12.6. The van der Waals surface area contributed by atoms with Crippen molar-refractivity contribution in [3.63, 3.8) is 0 Å². The average molecular weight is 243 g/mol. The number of hydrogen-bond donors (Lipinski definition) is 2. The summed E-state index contributed by atoms with van der Waals surface area (Å²) in [5.74, 6) is 0. The maximum absolute atomic E-state index is 12.6. The molecule has 2 nitrogen and oxygen atoms in total. The van der Waals surface area contributed by atoms with E-state index in [0.29, 0.717) is 23.7 Å². The van der Waals surface area contributed by atoms with Gasteiger partial charge in [0.25, 0.3) is 0 Å². The third-order valence-electron chi connectivity index (χ3n) is 2.70. The molecule has 0 aliphatic rings. The number of alkyl halides is 3.